The maximum absolute atomic E-state index is 12.5. The summed E-state index contributed by atoms with van der Waals surface area (Å²) in [5, 5.41) is 6.44. The standard InChI is InChI=1S/C36H58N4O10/c1-25(8-11-31-26(2)22-30(28(4)49-31)39-33(42)13-10-27(3)48-29(5)41)9-12-32-34(36(24-47-36)23-35(6,7)50-32)46-21-20-45-19-18-44-17-16-43-15-14-38-40-37/h8-10,12-13,26-28,30-32,34H,11,14-24H2,1-7H3,(H,39,42)/b12-9+,13-10-,25-8+/t26-,27-,28+,30+,31-,32+,34+,36+/m0/s1. The molecule has 3 heterocycles. The van der Waals surface area contributed by atoms with Gasteiger partial charge in [0.05, 0.1) is 76.7 Å². The molecule has 8 atom stereocenters. The predicted molar refractivity (Wildman–Crippen MR) is 186 cm³/mol. The molecule has 14 heteroatoms. The molecule has 50 heavy (non-hydrogen) atoms. The number of azide groups is 1. The van der Waals surface area contributed by atoms with E-state index in [9.17, 15) is 9.59 Å². The van der Waals surface area contributed by atoms with E-state index in [0.29, 0.717) is 59.4 Å². The Hall–Kier alpha value is -2.81. The van der Waals surface area contributed by atoms with Crippen molar-refractivity contribution in [3.63, 3.8) is 0 Å². The molecule has 3 aliphatic rings. The van der Waals surface area contributed by atoms with Crippen LogP contribution in [0, 0.1) is 5.92 Å². The average Bonchev–Trinajstić information content (AvgIpc) is 3.81. The third-order valence-electron chi connectivity index (χ3n) is 8.82. The van der Waals surface area contributed by atoms with E-state index in [2.05, 4.69) is 61.3 Å². The summed E-state index contributed by atoms with van der Waals surface area (Å²) in [6.45, 7) is 17.3. The van der Waals surface area contributed by atoms with Gasteiger partial charge in [-0.1, -0.05) is 35.8 Å². The largest absolute Gasteiger partial charge is 0.459 e. The van der Waals surface area contributed by atoms with Crippen molar-refractivity contribution in [2.45, 2.75) is 115 Å². The number of amides is 1. The van der Waals surface area contributed by atoms with Crippen LogP contribution in [0.25, 0.3) is 10.4 Å². The van der Waals surface area contributed by atoms with Gasteiger partial charge < -0.3 is 43.2 Å². The minimum Gasteiger partial charge on any atom is -0.459 e. The molecular weight excluding hydrogens is 648 g/mol. The van der Waals surface area contributed by atoms with Crippen molar-refractivity contribution >= 4 is 11.9 Å². The Morgan fingerprint density at radius 2 is 1.70 bits per heavy atom. The minimum atomic E-state index is -0.471. The fourth-order valence-electron chi connectivity index (χ4n) is 6.35. The van der Waals surface area contributed by atoms with Crippen LogP contribution >= 0.6 is 0 Å². The number of ether oxygens (including phenoxy) is 8. The summed E-state index contributed by atoms with van der Waals surface area (Å²) in [6, 6.07) is -0.111. The van der Waals surface area contributed by atoms with Gasteiger partial charge in [-0.15, -0.1) is 0 Å². The van der Waals surface area contributed by atoms with Gasteiger partial charge in [-0.25, -0.2) is 0 Å². The van der Waals surface area contributed by atoms with Gasteiger partial charge in [0.1, 0.15) is 23.9 Å². The highest BCUT2D eigenvalue weighted by molar-refractivity contribution is 5.87. The van der Waals surface area contributed by atoms with E-state index in [1.54, 1.807) is 13.0 Å². The molecule has 282 valence electrons. The number of nitrogens with zero attached hydrogens (tertiary/aromatic N) is 3. The fraction of sp³-hybridized carbons (Fsp3) is 0.778. The lowest BCUT2D eigenvalue weighted by atomic mass is 9.83. The molecule has 1 spiro atoms. The Morgan fingerprint density at radius 1 is 1.04 bits per heavy atom. The topological polar surface area (TPSA) is 172 Å². The lowest BCUT2D eigenvalue weighted by molar-refractivity contribution is -0.191. The van der Waals surface area contributed by atoms with Crippen molar-refractivity contribution in [1.29, 1.82) is 0 Å². The van der Waals surface area contributed by atoms with Gasteiger partial charge in [-0.3, -0.25) is 9.59 Å². The third-order valence-corrected chi connectivity index (χ3v) is 8.82. The Morgan fingerprint density at radius 3 is 2.34 bits per heavy atom. The molecule has 3 rings (SSSR count). The number of carbonyl (C=O) groups excluding carboxylic acids is 2. The molecule has 1 amide bonds. The maximum Gasteiger partial charge on any atom is 0.303 e. The summed E-state index contributed by atoms with van der Waals surface area (Å²) in [7, 11) is 0. The quantitative estimate of drug-likeness (QED) is 0.0256. The van der Waals surface area contributed by atoms with Gasteiger partial charge >= 0.3 is 5.97 Å². The number of epoxide rings is 1. The molecule has 3 saturated heterocycles. The molecule has 0 unspecified atom stereocenters. The van der Waals surface area contributed by atoms with Crippen molar-refractivity contribution in [2.75, 3.05) is 59.4 Å². The van der Waals surface area contributed by atoms with Crippen LogP contribution in [0.15, 0.2) is 41.1 Å². The molecule has 0 aromatic heterocycles. The first-order valence-corrected chi connectivity index (χ1v) is 17.7. The van der Waals surface area contributed by atoms with Gasteiger partial charge in [0.15, 0.2) is 0 Å². The highest BCUT2D eigenvalue weighted by Crippen LogP contribution is 2.47. The number of esters is 1. The van der Waals surface area contributed by atoms with E-state index >= 15 is 0 Å². The van der Waals surface area contributed by atoms with Crippen molar-refractivity contribution in [3.8, 4) is 0 Å². The van der Waals surface area contributed by atoms with Gasteiger partial charge in [-0.05, 0) is 65.0 Å². The SMILES string of the molecule is CC(=O)O[C@@H](C)/C=C\C(=O)N[C@@H]1C[C@H](C)[C@H](C/C=C(C)/C=C/[C@H]2OC(C)(C)C[C@@]3(CO3)[C@@H]2OCCOCCOCCOCCN=[N+]=[N-])O[C@@H]1C. The smallest absolute Gasteiger partial charge is 0.303 e. The molecule has 0 aromatic carbocycles. The third kappa shape index (κ3) is 14.8. The second-order valence-corrected chi connectivity index (χ2v) is 13.9. The zero-order valence-corrected chi connectivity index (χ0v) is 30.8. The van der Waals surface area contributed by atoms with Crippen LogP contribution in [-0.2, 0) is 47.5 Å². The zero-order chi connectivity index (χ0) is 36.6. The molecule has 0 aliphatic carbocycles. The number of carbonyl (C=O) groups is 2. The molecule has 0 aromatic rings. The normalized spacial score (nSPS) is 29.9. The fourth-order valence-corrected chi connectivity index (χ4v) is 6.35. The van der Waals surface area contributed by atoms with Crippen LogP contribution in [-0.4, -0.2) is 119 Å². The van der Waals surface area contributed by atoms with E-state index in [1.165, 1.54) is 13.0 Å². The molecule has 0 saturated carbocycles. The van der Waals surface area contributed by atoms with Crippen molar-refractivity contribution in [2.24, 2.45) is 11.0 Å². The van der Waals surface area contributed by atoms with Crippen molar-refractivity contribution in [1.82, 2.24) is 5.32 Å². The van der Waals surface area contributed by atoms with Crippen LogP contribution in [0.5, 0.6) is 0 Å². The number of hydrogen-bond acceptors (Lipinski definition) is 11. The van der Waals surface area contributed by atoms with E-state index in [4.69, 9.17) is 43.4 Å². The molecule has 3 fully saturated rings. The first-order valence-electron chi connectivity index (χ1n) is 17.7. The van der Waals surface area contributed by atoms with Crippen LogP contribution in [0.2, 0.25) is 0 Å². The van der Waals surface area contributed by atoms with E-state index < -0.39 is 6.10 Å². The number of allylic oxidation sites excluding steroid dienone is 2. The number of rotatable bonds is 21. The molecule has 0 bridgehead atoms. The highest BCUT2D eigenvalue weighted by atomic mass is 16.6. The van der Waals surface area contributed by atoms with Crippen LogP contribution < -0.4 is 5.32 Å². The molecular formula is C36H58N4O10. The molecule has 0 radical (unpaired) electrons. The second kappa shape index (κ2) is 20.9. The van der Waals surface area contributed by atoms with E-state index in [1.807, 2.05) is 6.92 Å². The first-order chi connectivity index (χ1) is 23.8. The van der Waals surface area contributed by atoms with Crippen LogP contribution in [0.4, 0.5) is 0 Å². The monoisotopic (exact) mass is 706 g/mol. The zero-order valence-electron chi connectivity index (χ0n) is 30.8. The number of nitrogens with one attached hydrogen (secondary N) is 1. The van der Waals surface area contributed by atoms with Crippen molar-refractivity contribution in [3.05, 3.63) is 46.4 Å². The van der Waals surface area contributed by atoms with E-state index in [-0.39, 0.29) is 59.5 Å². The molecule has 14 nitrogen and oxygen atoms in total. The summed E-state index contributed by atoms with van der Waals surface area (Å²) in [5.74, 6) is -0.383. The summed E-state index contributed by atoms with van der Waals surface area (Å²) >= 11 is 0. The average molecular weight is 707 g/mol. The van der Waals surface area contributed by atoms with Gasteiger partial charge in [0.25, 0.3) is 0 Å². The summed E-state index contributed by atoms with van der Waals surface area (Å²) in [5.41, 5.74) is 8.63. The lowest BCUT2D eigenvalue weighted by Crippen LogP contribution is -2.55. The lowest BCUT2D eigenvalue weighted by Gasteiger charge is -2.43. The summed E-state index contributed by atoms with van der Waals surface area (Å²) in [6.07, 6.45) is 10.5. The van der Waals surface area contributed by atoms with Crippen LogP contribution in [0.1, 0.15) is 67.7 Å². The Balaban J connectivity index is 1.43. The van der Waals surface area contributed by atoms with Gasteiger partial charge in [0, 0.05) is 30.9 Å². The Bertz CT molecular complexity index is 1210. The van der Waals surface area contributed by atoms with Crippen molar-refractivity contribution < 1.29 is 47.5 Å². The number of hydrogen-bond donors (Lipinski definition) is 1. The minimum absolute atomic E-state index is 0.0270. The first kappa shape index (κ1) is 41.6. The molecule has 3 aliphatic heterocycles. The van der Waals surface area contributed by atoms with Gasteiger partial charge in [-0.2, -0.15) is 0 Å². The summed E-state index contributed by atoms with van der Waals surface area (Å²) in [4.78, 5) is 26.2. The summed E-state index contributed by atoms with van der Waals surface area (Å²) < 4.78 is 46.7. The molecule has 1 N–H and O–H groups in total. The predicted octanol–water partition coefficient (Wildman–Crippen LogP) is 4.77. The highest BCUT2D eigenvalue weighted by Gasteiger charge is 2.61. The van der Waals surface area contributed by atoms with E-state index in [0.717, 1.165) is 24.8 Å². The Kier molecular flexibility index (Phi) is 17.4. The van der Waals surface area contributed by atoms with Crippen LogP contribution in [0.3, 0.4) is 0 Å². The van der Waals surface area contributed by atoms with Gasteiger partial charge in [0.2, 0.25) is 5.91 Å². The second-order valence-electron chi connectivity index (χ2n) is 13.9. The Labute approximate surface area is 296 Å². The maximum atomic E-state index is 12.5.